The molecule has 5 nitrogen and oxygen atoms in total. The van der Waals surface area contributed by atoms with E-state index in [1.54, 1.807) is 12.3 Å². The average molecular weight is 292 g/mol. The van der Waals surface area contributed by atoms with Gasteiger partial charge < -0.3 is 5.32 Å². The summed E-state index contributed by atoms with van der Waals surface area (Å²) in [5, 5.41) is 12.0. The number of pyridine rings is 2. The molecule has 1 aliphatic rings. The molecule has 5 heteroatoms. The first-order chi connectivity index (χ1) is 10.7. The lowest BCUT2D eigenvalue weighted by Gasteiger charge is -2.17. The van der Waals surface area contributed by atoms with Gasteiger partial charge in [0, 0.05) is 18.1 Å². The zero-order valence-electron chi connectivity index (χ0n) is 12.4. The highest BCUT2D eigenvalue weighted by molar-refractivity contribution is 6.04. The quantitative estimate of drug-likeness (QED) is 0.923. The molecule has 0 aromatic carbocycles. The number of amides is 1. The molecule has 0 atom stereocenters. The van der Waals surface area contributed by atoms with Gasteiger partial charge in [0.25, 0.3) is 5.91 Å². The predicted molar refractivity (Wildman–Crippen MR) is 82.5 cm³/mol. The number of nitrogens with zero attached hydrogens (tertiary/aromatic N) is 3. The van der Waals surface area contributed by atoms with Crippen LogP contribution in [0.4, 0.5) is 5.82 Å². The van der Waals surface area contributed by atoms with E-state index >= 15 is 0 Å². The maximum atomic E-state index is 12.3. The van der Waals surface area contributed by atoms with Crippen LogP contribution in [-0.4, -0.2) is 15.9 Å². The average Bonchev–Trinajstić information content (AvgIpc) is 2.54. The second-order valence-electron chi connectivity index (χ2n) is 5.51. The van der Waals surface area contributed by atoms with Crippen molar-refractivity contribution in [3.63, 3.8) is 0 Å². The summed E-state index contributed by atoms with van der Waals surface area (Å²) >= 11 is 0. The molecule has 0 bridgehead atoms. The van der Waals surface area contributed by atoms with E-state index in [9.17, 15) is 10.1 Å². The minimum absolute atomic E-state index is 0.295. The van der Waals surface area contributed by atoms with Crippen LogP contribution in [0.15, 0.2) is 24.5 Å². The molecule has 0 radical (unpaired) electrons. The summed E-state index contributed by atoms with van der Waals surface area (Å²) in [5.74, 6) is 0.0469. The lowest BCUT2D eigenvalue weighted by molar-refractivity contribution is 0.102. The molecule has 2 aromatic rings. The van der Waals surface area contributed by atoms with Gasteiger partial charge in [-0.3, -0.25) is 9.78 Å². The molecule has 0 saturated heterocycles. The number of anilines is 1. The third kappa shape index (κ3) is 2.82. The number of aryl methyl sites for hydroxylation is 3. The third-order valence-corrected chi connectivity index (χ3v) is 3.79. The number of hydrogen-bond acceptors (Lipinski definition) is 4. The van der Waals surface area contributed by atoms with Crippen LogP contribution in [0.1, 0.15) is 45.6 Å². The number of nitriles is 1. The number of fused-ring (bicyclic) bond motifs is 1. The van der Waals surface area contributed by atoms with Crippen LogP contribution in [0.25, 0.3) is 0 Å². The minimum Gasteiger partial charge on any atom is -0.305 e. The van der Waals surface area contributed by atoms with Crippen molar-refractivity contribution in [2.75, 3.05) is 5.32 Å². The molecule has 1 aliphatic carbocycles. The fourth-order valence-corrected chi connectivity index (χ4v) is 2.67. The van der Waals surface area contributed by atoms with Crippen LogP contribution in [0.2, 0.25) is 0 Å². The number of aromatic nitrogens is 2. The molecule has 2 heterocycles. The van der Waals surface area contributed by atoms with Crippen molar-refractivity contribution in [3.8, 4) is 6.07 Å². The van der Waals surface area contributed by atoms with Crippen molar-refractivity contribution in [2.45, 2.75) is 32.6 Å². The summed E-state index contributed by atoms with van der Waals surface area (Å²) in [5.41, 5.74) is 3.89. The summed E-state index contributed by atoms with van der Waals surface area (Å²) in [6.07, 6.45) is 7.27. The highest BCUT2D eigenvalue weighted by Crippen LogP contribution is 2.24. The van der Waals surface area contributed by atoms with Crippen LogP contribution >= 0.6 is 0 Å². The number of hydrogen-bond donors (Lipinski definition) is 1. The molecule has 1 N–H and O–H groups in total. The molecular weight excluding hydrogens is 276 g/mol. The second kappa shape index (κ2) is 5.94. The van der Waals surface area contributed by atoms with Gasteiger partial charge in [0.15, 0.2) is 5.82 Å². The number of carbonyl (C=O) groups is 1. The van der Waals surface area contributed by atoms with Gasteiger partial charge in [-0.25, -0.2) is 4.98 Å². The Balaban J connectivity index is 1.91. The largest absolute Gasteiger partial charge is 0.305 e. The van der Waals surface area contributed by atoms with Crippen LogP contribution in [-0.2, 0) is 12.8 Å². The summed E-state index contributed by atoms with van der Waals surface area (Å²) in [7, 11) is 0. The van der Waals surface area contributed by atoms with E-state index in [0.29, 0.717) is 16.9 Å². The van der Waals surface area contributed by atoms with E-state index in [1.807, 2.05) is 13.0 Å². The van der Waals surface area contributed by atoms with Gasteiger partial charge in [0.2, 0.25) is 0 Å². The Morgan fingerprint density at radius 2 is 2.09 bits per heavy atom. The smallest absolute Gasteiger partial charge is 0.258 e. The van der Waals surface area contributed by atoms with Gasteiger partial charge in [-0.05, 0) is 55.9 Å². The summed E-state index contributed by atoms with van der Waals surface area (Å²) in [4.78, 5) is 20.8. The predicted octanol–water partition coefficient (Wildman–Crippen LogP) is 2.79. The first kappa shape index (κ1) is 14.2. The molecule has 0 saturated carbocycles. The van der Waals surface area contributed by atoms with Crippen molar-refractivity contribution in [1.82, 2.24) is 9.97 Å². The number of carbonyl (C=O) groups excluding carboxylic acids is 1. The molecule has 22 heavy (non-hydrogen) atoms. The number of nitrogens with one attached hydrogen (secondary N) is 1. The zero-order valence-corrected chi connectivity index (χ0v) is 12.4. The lowest BCUT2D eigenvalue weighted by Crippen LogP contribution is -2.17. The Morgan fingerprint density at radius 3 is 2.86 bits per heavy atom. The maximum absolute atomic E-state index is 12.3. The van der Waals surface area contributed by atoms with E-state index in [-0.39, 0.29) is 5.91 Å². The van der Waals surface area contributed by atoms with Gasteiger partial charge in [-0.1, -0.05) is 0 Å². The lowest BCUT2D eigenvalue weighted by atomic mass is 9.95. The number of rotatable bonds is 2. The second-order valence-corrected chi connectivity index (χ2v) is 5.51. The molecule has 1 amide bonds. The van der Waals surface area contributed by atoms with Gasteiger partial charge in [0.1, 0.15) is 6.07 Å². The zero-order chi connectivity index (χ0) is 15.5. The van der Waals surface area contributed by atoms with Crippen molar-refractivity contribution < 1.29 is 4.79 Å². The standard InChI is InChI=1S/C17H16N4O/c1-11-6-14(10-19-9-11)17(22)21-16-13(8-18)7-12-4-2-3-5-15(12)20-16/h6-7,9-10H,2-5H2,1H3,(H,20,21,22). The molecule has 0 fully saturated rings. The fourth-order valence-electron chi connectivity index (χ4n) is 2.67. The van der Waals surface area contributed by atoms with Crippen LogP contribution < -0.4 is 5.32 Å². The normalized spacial score (nSPS) is 13.1. The van der Waals surface area contributed by atoms with Gasteiger partial charge >= 0.3 is 0 Å². The monoisotopic (exact) mass is 292 g/mol. The molecule has 2 aromatic heterocycles. The maximum Gasteiger partial charge on any atom is 0.258 e. The Morgan fingerprint density at radius 1 is 1.27 bits per heavy atom. The Bertz CT molecular complexity index is 777. The van der Waals surface area contributed by atoms with Crippen LogP contribution in [0, 0.1) is 18.3 Å². The molecule has 110 valence electrons. The van der Waals surface area contributed by atoms with Crippen molar-refractivity contribution >= 4 is 11.7 Å². The molecule has 0 unspecified atom stereocenters. The van der Waals surface area contributed by atoms with E-state index in [4.69, 9.17) is 0 Å². The third-order valence-electron chi connectivity index (χ3n) is 3.79. The van der Waals surface area contributed by atoms with Gasteiger partial charge in [0.05, 0.1) is 11.1 Å². The minimum atomic E-state index is -0.295. The Kier molecular flexibility index (Phi) is 3.84. The van der Waals surface area contributed by atoms with E-state index in [2.05, 4.69) is 21.4 Å². The van der Waals surface area contributed by atoms with E-state index < -0.39 is 0 Å². The van der Waals surface area contributed by atoms with Crippen LogP contribution in [0.3, 0.4) is 0 Å². The fraction of sp³-hybridized carbons (Fsp3) is 0.294. The summed E-state index contributed by atoms with van der Waals surface area (Å²) in [6.45, 7) is 1.88. The topological polar surface area (TPSA) is 78.7 Å². The van der Waals surface area contributed by atoms with Gasteiger partial charge in [-0.15, -0.1) is 0 Å². The first-order valence-corrected chi connectivity index (χ1v) is 7.33. The SMILES string of the molecule is Cc1cncc(C(=O)Nc2nc3c(cc2C#N)CCCC3)c1. The van der Waals surface area contributed by atoms with E-state index in [1.165, 1.54) is 6.20 Å². The first-order valence-electron chi connectivity index (χ1n) is 7.33. The molecule has 3 rings (SSSR count). The van der Waals surface area contributed by atoms with Crippen molar-refractivity contribution in [1.29, 1.82) is 5.26 Å². The molecule has 0 aliphatic heterocycles. The van der Waals surface area contributed by atoms with Crippen molar-refractivity contribution in [2.24, 2.45) is 0 Å². The Hall–Kier alpha value is -2.74. The molecular formula is C17H16N4O. The summed E-state index contributed by atoms with van der Waals surface area (Å²) < 4.78 is 0. The molecule has 0 spiro atoms. The Labute approximate surface area is 129 Å². The van der Waals surface area contributed by atoms with Gasteiger partial charge in [-0.2, -0.15) is 5.26 Å². The highest BCUT2D eigenvalue weighted by Gasteiger charge is 2.17. The highest BCUT2D eigenvalue weighted by atomic mass is 16.1. The van der Waals surface area contributed by atoms with Crippen LogP contribution in [0.5, 0.6) is 0 Å². The van der Waals surface area contributed by atoms with Crippen molar-refractivity contribution in [3.05, 3.63) is 52.5 Å². The summed E-state index contributed by atoms with van der Waals surface area (Å²) in [6, 6.07) is 5.73. The van der Waals surface area contributed by atoms with E-state index in [0.717, 1.165) is 42.5 Å².